The molecule has 0 aliphatic rings. The Morgan fingerprint density at radius 3 is 2.41 bits per heavy atom. The van der Waals surface area contributed by atoms with Crippen LogP contribution in [0.25, 0.3) is 0 Å². The summed E-state index contributed by atoms with van der Waals surface area (Å²) in [5, 5.41) is 5.40. The zero-order valence-electron chi connectivity index (χ0n) is 15.6. The summed E-state index contributed by atoms with van der Waals surface area (Å²) in [6.45, 7) is 1.91. The van der Waals surface area contributed by atoms with E-state index < -0.39 is 11.5 Å². The van der Waals surface area contributed by atoms with Crippen molar-refractivity contribution in [2.24, 2.45) is 0 Å². The van der Waals surface area contributed by atoms with Crippen molar-refractivity contribution >= 4 is 40.8 Å². The number of H-pyrrole nitrogens is 1. The van der Waals surface area contributed by atoms with Gasteiger partial charge in [0.2, 0.25) is 5.91 Å². The van der Waals surface area contributed by atoms with E-state index in [0.717, 1.165) is 17.3 Å². The molecule has 8 nitrogen and oxygen atoms in total. The number of nitrogen functional groups attached to an aromatic ring is 1. The third kappa shape index (κ3) is 5.45. The third-order valence-electron chi connectivity index (χ3n) is 3.88. The molecule has 1 heterocycles. The van der Waals surface area contributed by atoms with Crippen molar-refractivity contribution < 1.29 is 9.59 Å². The number of hydrogen-bond donors (Lipinski definition) is 4. The average Bonchev–Trinajstić information content (AvgIpc) is 2.70. The zero-order chi connectivity index (χ0) is 20.8. The molecular weight excluding hydrogens is 390 g/mol. The number of aromatic nitrogens is 2. The maximum atomic E-state index is 12.3. The Balaban J connectivity index is 1.64. The summed E-state index contributed by atoms with van der Waals surface area (Å²) in [5.41, 5.74) is 7.20. The van der Waals surface area contributed by atoms with Crippen LogP contribution in [0.2, 0.25) is 0 Å². The quantitative estimate of drug-likeness (QED) is 0.366. The van der Waals surface area contributed by atoms with Gasteiger partial charge in [-0.3, -0.25) is 19.4 Å². The minimum absolute atomic E-state index is 0.0341. The summed E-state index contributed by atoms with van der Waals surface area (Å²) in [4.78, 5) is 43.2. The molecule has 2 aromatic carbocycles. The number of carbonyl (C=O) groups excluding carboxylic acids is 2. The minimum Gasteiger partial charge on any atom is -0.382 e. The average molecular weight is 409 g/mol. The molecule has 1 aromatic heterocycles. The first-order valence-corrected chi connectivity index (χ1v) is 9.66. The lowest BCUT2D eigenvalue weighted by atomic mass is 10.1. The molecule has 0 saturated carbocycles. The van der Waals surface area contributed by atoms with Crippen molar-refractivity contribution in [1.82, 2.24) is 9.97 Å². The van der Waals surface area contributed by atoms with Gasteiger partial charge in [0.15, 0.2) is 11.0 Å². The van der Waals surface area contributed by atoms with Gasteiger partial charge in [0.1, 0.15) is 5.69 Å². The van der Waals surface area contributed by atoms with Gasteiger partial charge in [0.25, 0.3) is 11.5 Å². The Morgan fingerprint density at radius 2 is 1.76 bits per heavy atom. The fourth-order valence-corrected chi connectivity index (χ4v) is 3.07. The van der Waals surface area contributed by atoms with E-state index in [0.29, 0.717) is 11.3 Å². The highest BCUT2D eigenvalue weighted by molar-refractivity contribution is 7.99. The molecule has 148 valence electrons. The number of nitrogens with two attached hydrogens (primary N) is 1. The summed E-state index contributed by atoms with van der Waals surface area (Å²) >= 11 is 1.03. The Labute approximate surface area is 170 Å². The van der Waals surface area contributed by atoms with Gasteiger partial charge >= 0.3 is 0 Å². The van der Waals surface area contributed by atoms with Crippen LogP contribution in [0, 0.1) is 6.92 Å². The lowest BCUT2D eigenvalue weighted by Crippen LogP contribution is -2.23. The van der Waals surface area contributed by atoms with Crippen LogP contribution in [0.1, 0.15) is 15.9 Å². The fraction of sp³-hybridized carbons (Fsp3) is 0.100. The van der Waals surface area contributed by atoms with E-state index in [9.17, 15) is 14.4 Å². The number of benzene rings is 2. The van der Waals surface area contributed by atoms with Crippen LogP contribution in [0.3, 0.4) is 0 Å². The predicted octanol–water partition coefficient (Wildman–Crippen LogP) is 2.64. The number of aromatic amines is 1. The Kier molecular flexibility index (Phi) is 6.30. The van der Waals surface area contributed by atoms with Crippen LogP contribution in [0.5, 0.6) is 0 Å². The van der Waals surface area contributed by atoms with E-state index in [1.807, 2.05) is 25.1 Å². The maximum absolute atomic E-state index is 12.3. The molecule has 0 saturated heterocycles. The molecule has 0 spiro atoms. The second kappa shape index (κ2) is 9.07. The molecule has 0 aliphatic heterocycles. The number of aryl methyl sites for hydroxylation is 1. The fourth-order valence-electron chi connectivity index (χ4n) is 2.40. The van der Waals surface area contributed by atoms with Gasteiger partial charge in [0, 0.05) is 11.3 Å². The first-order chi connectivity index (χ1) is 13.9. The number of rotatable bonds is 6. The number of nitrogens with zero attached hydrogens (tertiary/aromatic N) is 1. The smallest absolute Gasteiger partial charge is 0.277 e. The number of carbonyl (C=O) groups is 2. The van der Waals surface area contributed by atoms with Gasteiger partial charge in [0.05, 0.1) is 5.75 Å². The van der Waals surface area contributed by atoms with Gasteiger partial charge < -0.3 is 16.4 Å². The van der Waals surface area contributed by atoms with Crippen LogP contribution in [0.4, 0.5) is 17.2 Å². The van der Waals surface area contributed by atoms with Crippen LogP contribution in [-0.2, 0) is 4.79 Å². The van der Waals surface area contributed by atoms with Crippen molar-refractivity contribution in [3.63, 3.8) is 0 Å². The number of thioether (sulfide) groups is 1. The monoisotopic (exact) mass is 409 g/mol. The van der Waals surface area contributed by atoms with Crippen molar-refractivity contribution in [3.8, 4) is 0 Å². The molecule has 29 heavy (non-hydrogen) atoms. The molecule has 0 aliphatic carbocycles. The van der Waals surface area contributed by atoms with Crippen LogP contribution in [-0.4, -0.2) is 27.5 Å². The van der Waals surface area contributed by atoms with Crippen molar-refractivity contribution in [3.05, 3.63) is 76.1 Å². The van der Waals surface area contributed by atoms with Gasteiger partial charge in [-0.2, -0.15) is 0 Å². The van der Waals surface area contributed by atoms with Gasteiger partial charge in [-0.15, -0.1) is 0 Å². The van der Waals surface area contributed by atoms with Gasteiger partial charge in [-0.1, -0.05) is 47.7 Å². The lowest BCUT2D eigenvalue weighted by Gasteiger charge is -2.09. The number of para-hydroxylation sites is 1. The second-order valence-electron chi connectivity index (χ2n) is 6.15. The van der Waals surface area contributed by atoms with Crippen molar-refractivity contribution in [2.45, 2.75) is 12.1 Å². The van der Waals surface area contributed by atoms with E-state index in [1.54, 1.807) is 36.4 Å². The molecule has 3 rings (SSSR count). The second-order valence-corrected chi connectivity index (χ2v) is 7.12. The third-order valence-corrected chi connectivity index (χ3v) is 4.75. The number of hydrogen-bond acceptors (Lipinski definition) is 6. The van der Waals surface area contributed by atoms with Gasteiger partial charge in [-0.25, -0.2) is 4.98 Å². The summed E-state index contributed by atoms with van der Waals surface area (Å²) in [7, 11) is 0. The molecule has 3 aromatic rings. The van der Waals surface area contributed by atoms with Crippen LogP contribution in [0.15, 0.2) is 64.5 Å². The normalized spacial score (nSPS) is 10.4. The van der Waals surface area contributed by atoms with E-state index >= 15 is 0 Å². The molecule has 9 heteroatoms. The topological polar surface area (TPSA) is 130 Å². The van der Waals surface area contributed by atoms with Crippen molar-refractivity contribution in [1.29, 1.82) is 0 Å². The number of nitrogens with one attached hydrogen (secondary N) is 3. The molecular formula is C20H19N5O3S. The molecule has 2 amide bonds. The summed E-state index contributed by atoms with van der Waals surface area (Å²) < 4.78 is 0. The highest BCUT2D eigenvalue weighted by Gasteiger charge is 2.14. The molecule has 0 fully saturated rings. The van der Waals surface area contributed by atoms with Crippen molar-refractivity contribution in [2.75, 3.05) is 22.1 Å². The molecule has 5 N–H and O–H groups in total. The summed E-state index contributed by atoms with van der Waals surface area (Å²) in [5.74, 6) is -0.808. The highest BCUT2D eigenvalue weighted by Crippen LogP contribution is 2.18. The standard InChI is InChI=1S/C20H19N5O3S/c1-12-7-9-13(10-8-12)18(27)23-16-17(21)24-20(25-19(16)28)29-11-15(26)22-14-5-3-2-4-6-14/h2-10H,11H2,1H3,(H,22,26)(H,23,27)(H3,21,24,25,28). The molecule has 0 unspecified atom stereocenters. The van der Waals surface area contributed by atoms with E-state index in [1.165, 1.54) is 0 Å². The van der Waals surface area contributed by atoms with E-state index in [-0.39, 0.29) is 28.3 Å². The SMILES string of the molecule is Cc1ccc(C(=O)Nc2c(N)nc(SCC(=O)Nc3ccccc3)[nH]c2=O)cc1. The lowest BCUT2D eigenvalue weighted by molar-refractivity contribution is -0.113. The summed E-state index contributed by atoms with van der Waals surface area (Å²) in [6.07, 6.45) is 0. The van der Waals surface area contributed by atoms with E-state index in [2.05, 4.69) is 20.6 Å². The van der Waals surface area contributed by atoms with Crippen LogP contribution < -0.4 is 21.9 Å². The largest absolute Gasteiger partial charge is 0.382 e. The van der Waals surface area contributed by atoms with E-state index in [4.69, 9.17) is 5.73 Å². The number of anilines is 3. The Morgan fingerprint density at radius 1 is 1.07 bits per heavy atom. The summed E-state index contributed by atoms with van der Waals surface area (Å²) in [6, 6.07) is 15.9. The van der Waals surface area contributed by atoms with Crippen LogP contribution >= 0.6 is 11.8 Å². The first kappa shape index (κ1) is 20.2. The van der Waals surface area contributed by atoms with Gasteiger partial charge in [-0.05, 0) is 31.2 Å². The Hall–Kier alpha value is -3.59. The minimum atomic E-state index is -0.594. The Bertz CT molecular complexity index is 1080. The molecule has 0 radical (unpaired) electrons. The number of amides is 2. The molecule has 0 atom stereocenters. The first-order valence-electron chi connectivity index (χ1n) is 8.68. The predicted molar refractivity (Wildman–Crippen MR) is 114 cm³/mol. The zero-order valence-corrected chi connectivity index (χ0v) is 16.4. The molecule has 0 bridgehead atoms. The maximum Gasteiger partial charge on any atom is 0.277 e. The highest BCUT2D eigenvalue weighted by atomic mass is 32.2.